The summed E-state index contributed by atoms with van der Waals surface area (Å²) in [6.07, 6.45) is 4.52. The minimum atomic E-state index is -3.45. The lowest BCUT2D eigenvalue weighted by Gasteiger charge is -2.34. The Hall–Kier alpha value is -3.11. The van der Waals surface area contributed by atoms with Gasteiger partial charge in [0.15, 0.2) is 0 Å². The molecule has 3 aromatic rings. The van der Waals surface area contributed by atoms with E-state index in [1.165, 1.54) is 21.4 Å². The van der Waals surface area contributed by atoms with Crippen LogP contribution < -0.4 is 10.6 Å². The van der Waals surface area contributed by atoms with Gasteiger partial charge >= 0.3 is 0 Å². The zero-order chi connectivity index (χ0) is 28.7. The van der Waals surface area contributed by atoms with E-state index in [0.717, 1.165) is 0 Å². The first kappa shape index (κ1) is 21.9. The van der Waals surface area contributed by atoms with E-state index in [2.05, 4.69) is 31.8 Å². The van der Waals surface area contributed by atoms with Crippen LogP contribution in [0.5, 0.6) is 0 Å². The topological polar surface area (TPSA) is 129 Å². The molecule has 5 rings (SSSR count). The third-order valence-corrected chi connectivity index (χ3v) is 9.11. The molecule has 0 radical (unpaired) electrons. The number of hydrogen-bond acceptors (Lipinski definition) is 8. The molecule has 0 spiro atoms. The van der Waals surface area contributed by atoms with Crippen LogP contribution in [0, 0.1) is 11.3 Å². The first-order valence-corrected chi connectivity index (χ1v) is 13.6. The highest BCUT2D eigenvalue weighted by molar-refractivity contribution is 7.90. The van der Waals surface area contributed by atoms with Crippen molar-refractivity contribution < 1.29 is 16.9 Å². The number of halogens is 2. The van der Waals surface area contributed by atoms with Gasteiger partial charge in [-0.2, -0.15) is 14.7 Å². The van der Waals surface area contributed by atoms with Crippen molar-refractivity contribution in [3.05, 3.63) is 52.9 Å². The summed E-state index contributed by atoms with van der Waals surface area (Å²) >= 11 is 6.44. The molecule has 1 aromatic carbocycles. The first-order valence-electron chi connectivity index (χ1n) is 13.2. The Kier molecular flexibility index (Phi) is 6.12. The summed E-state index contributed by atoms with van der Waals surface area (Å²) in [7, 11) is -3.45. The smallest absolute Gasteiger partial charge is 0.223 e. The fraction of sp³-hybridized carbons (Fsp3) is 0.417. The lowest BCUT2D eigenvalue weighted by atomic mass is 10.1. The van der Waals surface area contributed by atoms with Crippen LogP contribution in [0.25, 0.3) is 16.9 Å². The second-order valence-electron chi connectivity index (χ2n) is 9.04. The molecule has 1 saturated heterocycles. The van der Waals surface area contributed by atoms with E-state index >= 15 is 0 Å². The fourth-order valence-electron chi connectivity index (χ4n) is 4.29. The van der Waals surface area contributed by atoms with Gasteiger partial charge in [-0.1, -0.05) is 17.7 Å². The average Bonchev–Trinajstić information content (AvgIpc) is 3.67. The second kappa shape index (κ2) is 10.3. The summed E-state index contributed by atoms with van der Waals surface area (Å²) in [6.45, 7) is -2.18. The van der Waals surface area contributed by atoms with Crippen molar-refractivity contribution in [3.63, 3.8) is 0 Å². The van der Waals surface area contributed by atoms with Crippen LogP contribution in [-0.2, 0) is 16.6 Å². The summed E-state index contributed by atoms with van der Waals surface area (Å²) in [5.74, 6) is 0.108. The minimum Gasteiger partial charge on any atom is -0.348 e. The SMILES string of the molecule is [2H]C([2H])([2H])NCc1ccc(-n2cc(-c3nc(N[C@H]4CCN(S(=O)(=O)C5CC5)C[C@H]4F)ncc3C#N)cn2)c(Cl)c1. The van der Waals surface area contributed by atoms with E-state index in [0.29, 0.717) is 34.7 Å². The van der Waals surface area contributed by atoms with Gasteiger partial charge in [0.05, 0.1) is 45.7 Å². The Bertz CT molecular complexity index is 1560. The van der Waals surface area contributed by atoms with E-state index < -0.39 is 29.2 Å². The molecule has 1 saturated carbocycles. The van der Waals surface area contributed by atoms with Crippen LogP contribution in [0.4, 0.5) is 10.3 Å². The molecule has 3 heterocycles. The van der Waals surface area contributed by atoms with Crippen LogP contribution in [0.1, 0.15) is 34.5 Å². The standard InChI is InChI=1S/C24H26ClFN8O2S/c1-28-10-15-2-5-22(19(25)8-15)34-13-17(12-30-34)23-16(9-27)11-29-24(32-23)31-21-6-7-33(14-20(21)26)37(35,36)18-3-4-18/h2,5,8,11-13,18,20-21,28H,3-4,6-7,10,14H2,1H3,(H,29,31,32)/t20-,21+/m1/s1/i1D3. The lowest BCUT2D eigenvalue weighted by Crippen LogP contribution is -2.50. The monoisotopic (exact) mass is 547 g/mol. The second-order valence-corrected chi connectivity index (χ2v) is 11.7. The number of sulfonamides is 1. The van der Waals surface area contributed by atoms with Crippen molar-refractivity contribution in [1.82, 2.24) is 29.4 Å². The Labute approximate surface area is 223 Å². The van der Waals surface area contributed by atoms with Crippen LogP contribution in [0.3, 0.4) is 0 Å². The normalized spacial score (nSPS) is 22.0. The summed E-state index contributed by atoms with van der Waals surface area (Å²) in [4.78, 5) is 8.60. The average molecular weight is 548 g/mol. The van der Waals surface area contributed by atoms with Crippen LogP contribution in [0.2, 0.25) is 5.02 Å². The van der Waals surface area contributed by atoms with E-state index in [-0.39, 0.29) is 48.5 Å². The molecule has 13 heteroatoms. The van der Waals surface area contributed by atoms with E-state index in [4.69, 9.17) is 15.7 Å². The van der Waals surface area contributed by atoms with E-state index in [1.54, 1.807) is 24.4 Å². The number of piperidine rings is 1. The molecule has 0 unspecified atom stereocenters. The molecule has 0 bridgehead atoms. The van der Waals surface area contributed by atoms with Gasteiger partial charge in [-0.25, -0.2) is 27.5 Å². The van der Waals surface area contributed by atoms with Crippen molar-refractivity contribution >= 4 is 27.6 Å². The summed E-state index contributed by atoms with van der Waals surface area (Å²) < 4.78 is 64.5. The number of hydrogen-bond donors (Lipinski definition) is 2. The molecular weight excluding hydrogens is 519 g/mol. The predicted octanol–water partition coefficient (Wildman–Crippen LogP) is 2.89. The molecule has 1 aliphatic heterocycles. The van der Waals surface area contributed by atoms with Crippen molar-refractivity contribution in [1.29, 1.82) is 5.26 Å². The Morgan fingerprint density at radius 3 is 2.86 bits per heavy atom. The number of nitriles is 1. The van der Waals surface area contributed by atoms with E-state index in [9.17, 15) is 18.1 Å². The van der Waals surface area contributed by atoms with Gasteiger partial charge < -0.3 is 10.6 Å². The maximum Gasteiger partial charge on any atom is 0.223 e. The van der Waals surface area contributed by atoms with Gasteiger partial charge in [0.1, 0.15) is 12.2 Å². The zero-order valence-electron chi connectivity index (χ0n) is 22.6. The van der Waals surface area contributed by atoms with Gasteiger partial charge in [0.2, 0.25) is 16.0 Å². The Morgan fingerprint density at radius 2 is 2.16 bits per heavy atom. The van der Waals surface area contributed by atoms with Crippen molar-refractivity contribution in [2.45, 2.75) is 43.3 Å². The molecule has 194 valence electrons. The van der Waals surface area contributed by atoms with Crippen molar-refractivity contribution in [2.24, 2.45) is 0 Å². The third-order valence-electron chi connectivity index (χ3n) is 6.44. The molecule has 2 fully saturated rings. The van der Waals surface area contributed by atoms with Gasteiger partial charge in [0.25, 0.3) is 0 Å². The van der Waals surface area contributed by atoms with E-state index in [1.807, 2.05) is 0 Å². The molecule has 2 N–H and O–H groups in total. The Balaban J connectivity index is 1.31. The maximum atomic E-state index is 15.0. The summed E-state index contributed by atoms with van der Waals surface area (Å²) in [5, 5.41) is 19.3. The number of benzene rings is 1. The fourth-order valence-corrected chi connectivity index (χ4v) is 6.44. The first-order chi connectivity index (χ1) is 18.9. The van der Waals surface area contributed by atoms with Crippen molar-refractivity contribution in [2.75, 3.05) is 25.4 Å². The minimum absolute atomic E-state index is 0.108. The largest absolute Gasteiger partial charge is 0.348 e. The van der Waals surface area contributed by atoms with Crippen LogP contribution in [0.15, 0.2) is 36.8 Å². The summed E-state index contributed by atoms with van der Waals surface area (Å²) in [6, 6.07) is 6.42. The number of anilines is 1. The molecule has 2 aliphatic rings. The zero-order valence-corrected chi connectivity index (χ0v) is 21.2. The molecule has 1 aliphatic carbocycles. The van der Waals surface area contributed by atoms with Gasteiger partial charge in [-0.05, 0) is 43.9 Å². The van der Waals surface area contributed by atoms with Gasteiger partial charge in [-0.15, -0.1) is 0 Å². The molecule has 37 heavy (non-hydrogen) atoms. The molecule has 2 aromatic heterocycles. The number of alkyl halides is 1. The highest BCUT2D eigenvalue weighted by Crippen LogP contribution is 2.33. The molecule has 2 atom stereocenters. The molecular formula is C24H26ClFN8O2S. The molecule has 10 nitrogen and oxygen atoms in total. The predicted molar refractivity (Wildman–Crippen MR) is 138 cm³/mol. The lowest BCUT2D eigenvalue weighted by molar-refractivity contribution is 0.185. The molecule has 0 amide bonds. The van der Waals surface area contributed by atoms with Crippen LogP contribution in [-0.4, -0.2) is 70.0 Å². The number of nitrogens with one attached hydrogen (secondary N) is 2. The Morgan fingerprint density at radius 1 is 1.32 bits per heavy atom. The maximum absolute atomic E-state index is 15.0. The number of aromatic nitrogens is 4. The van der Waals surface area contributed by atoms with Crippen LogP contribution >= 0.6 is 11.6 Å². The number of nitrogens with zero attached hydrogens (tertiary/aromatic N) is 6. The summed E-state index contributed by atoms with van der Waals surface area (Å²) in [5.41, 5.74) is 2.17. The van der Waals surface area contributed by atoms with Crippen molar-refractivity contribution in [3.8, 4) is 23.0 Å². The highest BCUT2D eigenvalue weighted by Gasteiger charge is 2.43. The van der Waals surface area contributed by atoms with Gasteiger partial charge in [-0.3, -0.25) is 0 Å². The van der Waals surface area contributed by atoms with Gasteiger partial charge in [0, 0.05) is 35.5 Å². The quantitative estimate of drug-likeness (QED) is 0.440. The third kappa shape index (κ3) is 5.31. The number of rotatable bonds is 8. The highest BCUT2D eigenvalue weighted by atomic mass is 35.5.